The van der Waals surface area contributed by atoms with Gasteiger partial charge in [0.15, 0.2) is 5.82 Å². The first kappa shape index (κ1) is 13.8. The lowest BCUT2D eigenvalue weighted by Crippen LogP contribution is -2.50. The minimum atomic E-state index is -0.808. The molecule has 6 nitrogen and oxygen atoms in total. The fourth-order valence-electron chi connectivity index (χ4n) is 2.34. The minimum absolute atomic E-state index is 0.145. The quantitative estimate of drug-likeness (QED) is 0.798. The first-order valence-electron chi connectivity index (χ1n) is 7.06. The highest BCUT2D eigenvalue weighted by atomic mass is 16.2. The predicted octanol–water partition coefficient (Wildman–Crippen LogP) is 1.85. The largest absolute Gasteiger partial charge is 0.324 e. The van der Waals surface area contributed by atoms with Crippen molar-refractivity contribution in [1.82, 2.24) is 15.2 Å². The number of nitrogens with zero attached hydrogens (tertiary/aromatic N) is 2. The number of nitrogens with two attached hydrogens (primary N) is 1. The third kappa shape index (κ3) is 2.80. The molecule has 1 aliphatic rings. The molecule has 1 unspecified atom stereocenters. The Morgan fingerprint density at radius 3 is 2.86 bits per heavy atom. The van der Waals surface area contributed by atoms with Crippen LogP contribution in [0.2, 0.25) is 0 Å². The Morgan fingerprint density at radius 1 is 1.48 bits per heavy atom. The Balaban J connectivity index is 1.79. The van der Waals surface area contributed by atoms with E-state index in [9.17, 15) is 4.79 Å². The number of anilines is 1. The molecule has 1 aromatic carbocycles. The van der Waals surface area contributed by atoms with Crippen LogP contribution in [0.5, 0.6) is 0 Å². The Bertz CT molecular complexity index is 672. The molecule has 0 radical (unpaired) electrons. The molecule has 3 rings (SSSR count). The van der Waals surface area contributed by atoms with Gasteiger partial charge in [-0.1, -0.05) is 12.1 Å². The molecule has 21 heavy (non-hydrogen) atoms. The maximum Gasteiger partial charge on any atom is 0.244 e. The van der Waals surface area contributed by atoms with Gasteiger partial charge in [-0.05, 0) is 44.7 Å². The van der Waals surface area contributed by atoms with E-state index in [-0.39, 0.29) is 11.8 Å². The van der Waals surface area contributed by atoms with E-state index in [0.29, 0.717) is 11.5 Å². The number of rotatable bonds is 4. The molecule has 0 aliphatic heterocycles. The summed E-state index contributed by atoms with van der Waals surface area (Å²) in [7, 11) is 0. The van der Waals surface area contributed by atoms with Crippen LogP contribution < -0.4 is 11.1 Å². The van der Waals surface area contributed by atoms with Gasteiger partial charge in [-0.3, -0.25) is 9.89 Å². The zero-order valence-corrected chi connectivity index (χ0v) is 12.2. The van der Waals surface area contributed by atoms with Crippen molar-refractivity contribution in [3.63, 3.8) is 0 Å². The van der Waals surface area contributed by atoms with E-state index in [1.54, 1.807) is 6.92 Å². The van der Waals surface area contributed by atoms with Gasteiger partial charge in [0.2, 0.25) is 5.91 Å². The highest BCUT2D eigenvalue weighted by molar-refractivity contribution is 5.98. The van der Waals surface area contributed by atoms with Crippen molar-refractivity contribution in [2.75, 3.05) is 5.32 Å². The fourth-order valence-corrected chi connectivity index (χ4v) is 2.34. The van der Waals surface area contributed by atoms with Crippen molar-refractivity contribution >= 4 is 11.6 Å². The van der Waals surface area contributed by atoms with Gasteiger partial charge >= 0.3 is 0 Å². The molecular weight excluding hydrogens is 266 g/mol. The standard InChI is InChI=1S/C15H19N5O/c1-9-17-13(20-19-9)10-4-3-5-12(8-10)18-14(21)15(2,16)11-6-7-11/h3-5,8,11H,6-7,16H2,1-2H3,(H,18,21)(H,17,19,20). The van der Waals surface area contributed by atoms with Crippen LogP contribution in [0.1, 0.15) is 25.6 Å². The number of aromatic nitrogens is 3. The van der Waals surface area contributed by atoms with E-state index in [2.05, 4.69) is 20.5 Å². The van der Waals surface area contributed by atoms with Gasteiger partial charge in [0, 0.05) is 11.3 Å². The first-order chi connectivity index (χ1) is 9.96. The van der Waals surface area contributed by atoms with Gasteiger partial charge in [-0.25, -0.2) is 4.98 Å². The third-order valence-corrected chi connectivity index (χ3v) is 3.89. The van der Waals surface area contributed by atoms with E-state index >= 15 is 0 Å². The first-order valence-corrected chi connectivity index (χ1v) is 7.06. The van der Waals surface area contributed by atoms with Gasteiger partial charge in [0.05, 0.1) is 5.54 Å². The van der Waals surface area contributed by atoms with E-state index < -0.39 is 5.54 Å². The molecule has 1 heterocycles. The van der Waals surface area contributed by atoms with Crippen LogP contribution in [-0.2, 0) is 4.79 Å². The van der Waals surface area contributed by atoms with Crippen molar-refractivity contribution in [3.05, 3.63) is 30.1 Å². The number of aryl methyl sites for hydroxylation is 1. The summed E-state index contributed by atoms with van der Waals surface area (Å²) in [6, 6.07) is 7.45. The predicted molar refractivity (Wildman–Crippen MR) is 80.5 cm³/mol. The third-order valence-electron chi connectivity index (χ3n) is 3.89. The zero-order chi connectivity index (χ0) is 15.0. The number of carbonyl (C=O) groups excluding carboxylic acids is 1. The summed E-state index contributed by atoms with van der Waals surface area (Å²) < 4.78 is 0. The number of hydrogen-bond acceptors (Lipinski definition) is 4. The number of hydrogen-bond donors (Lipinski definition) is 3. The van der Waals surface area contributed by atoms with Crippen LogP contribution in [0.15, 0.2) is 24.3 Å². The number of nitrogens with one attached hydrogen (secondary N) is 2. The van der Waals surface area contributed by atoms with Crippen LogP contribution in [0.4, 0.5) is 5.69 Å². The molecule has 1 aliphatic carbocycles. The van der Waals surface area contributed by atoms with Gasteiger partial charge in [-0.2, -0.15) is 5.10 Å². The highest BCUT2D eigenvalue weighted by Gasteiger charge is 2.44. The summed E-state index contributed by atoms with van der Waals surface area (Å²) >= 11 is 0. The molecule has 6 heteroatoms. The molecule has 4 N–H and O–H groups in total. The lowest BCUT2D eigenvalue weighted by molar-refractivity contribution is -0.121. The van der Waals surface area contributed by atoms with Gasteiger partial charge in [0.25, 0.3) is 0 Å². The van der Waals surface area contributed by atoms with Crippen LogP contribution in [0.3, 0.4) is 0 Å². The molecule has 0 bridgehead atoms. The van der Waals surface area contributed by atoms with Crippen molar-refractivity contribution < 1.29 is 4.79 Å². The summed E-state index contributed by atoms with van der Waals surface area (Å²) in [5.41, 5.74) is 6.87. The molecule has 1 fully saturated rings. The summed E-state index contributed by atoms with van der Waals surface area (Å²) in [5.74, 6) is 1.51. The monoisotopic (exact) mass is 285 g/mol. The van der Waals surface area contributed by atoms with Crippen molar-refractivity contribution in [1.29, 1.82) is 0 Å². The average molecular weight is 285 g/mol. The topological polar surface area (TPSA) is 96.7 Å². The maximum absolute atomic E-state index is 12.3. The van der Waals surface area contributed by atoms with Gasteiger partial charge in [0.1, 0.15) is 5.82 Å². The summed E-state index contributed by atoms with van der Waals surface area (Å²) in [6.07, 6.45) is 2.05. The zero-order valence-electron chi connectivity index (χ0n) is 12.2. The summed E-state index contributed by atoms with van der Waals surface area (Å²) in [4.78, 5) is 16.6. The number of amides is 1. The number of aromatic amines is 1. The lowest BCUT2D eigenvalue weighted by atomic mass is 9.96. The van der Waals surface area contributed by atoms with Gasteiger partial charge < -0.3 is 11.1 Å². The SMILES string of the molecule is Cc1nc(-c2cccc(NC(=O)C(C)(N)C3CC3)c2)n[nH]1. The van der Waals surface area contributed by atoms with Crippen LogP contribution >= 0.6 is 0 Å². The maximum atomic E-state index is 12.3. The molecule has 1 amide bonds. The molecule has 0 saturated heterocycles. The molecule has 2 aromatic rings. The fraction of sp³-hybridized carbons (Fsp3) is 0.400. The Morgan fingerprint density at radius 2 is 2.24 bits per heavy atom. The average Bonchev–Trinajstić information content (AvgIpc) is 3.22. The Labute approximate surface area is 123 Å². The van der Waals surface area contributed by atoms with Crippen molar-refractivity contribution in [2.45, 2.75) is 32.2 Å². The lowest BCUT2D eigenvalue weighted by Gasteiger charge is -2.23. The van der Waals surface area contributed by atoms with E-state index in [1.807, 2.05) is 31.2 Å². The molecular formula is C15H19N5O. The number of H-pyrrole nitrogens is 1. The van der Waals surface area contributed by atoms with Crippen LogP contribution in [0.25, 0.3) is 11.4 Å². The van der Waals surface area contributed by atoms with Crippen molar-refractivity contribution in [2.24, 2.45) is 11.7 Å². The minimum Gasteiger partial charge on any atom is -0.324 e. The Kier molecular flexibility index (Phi) is 3.25. The van der Waals surface area contributed by atoms with E-state index in [1.165, 1.54) is 0 Å². The molecule has 1 saturated carbocycles. The van der Waals surface area contributed by atoms with Gasteiger partial charge in [-0.15, -0.1) is 0 Å². The summed E-state index contributed by atoms with van der Waals surface area (Å²) in [6.45, 7) is 3.64. The van der Waals surface area contributed by atoms with Crippen LogP contribution in [0, 0.1) is 12.8 Å². The van der Waals surface area contributed by atoms with E-state index in [0.717, 1.165) is 24.2 Å². The summed E-state index contributed by atoms with van der Waals surface area (Å²) in [5, 5.41) is 9.82. The van der Waals surface area contributed by atoms with Crippen LogP contribution in [-0.4, -0.2) is 26.6 Å². The molecule has 110 valence electrons. The second-order valence-corrected chi connectivity index (χ2v) is 5.84. The number of carbonyl (C=O) groups is 1. The second kappa shape index (κ2) is 4.96. The number of benzene rings is 1. The normalized spacial score (nSPS) is 17.3. The van der Waals surface area contributed by atoms with E-state index in [4.69, 9.17) is 5.73 Å². The molecule has 0 spiro atoms. The molecule has 1 atom stereocenters. The highest BCUT2D eigenvalue weighted by Crippen LogP contribution is 2.38. The Hall–Kier alpha value is -2.21. The molecule has 1 aromatic heterocycles. The van der Waals surface area contributed by atoms with Crippen molar-refractivity contribution in [3.8, 4) is 11.4 Å². The second-order valence-electron chi connectivity index (χ2n) is 5.84. The smallest absolute Gasteiger partial charge is 0.244 e.